The van der Waals surface area contributed by atoms with E-state index in [9.17, 15) is 4.79 Å². The molecule has 0 aromatic carbocycles. The molecule has 0 N–H and O–H groups in total. The van der Waals surface area contributed by atoms with Crippen LogP contribution in [0.4, 0.5) is 0 Å². The molecule has 0 radical (unpaired) electrons. The first-order chi connectivity index (χ1) is 5.79. The van der Waals surface area contributed by atoms with Crippen LogP contribution in [0.1, 0.15) is 16.2 Å². The maximum absolute atomic E-state index is 10.4. The summed E-state index contributed by atoms with van der Waals surface area (Å²) in [5.41, 5.74) is 2.03. The van der Waals surface area contributed by atoms with Gasteiger partial charge in [0.25, 0.3) is 0 Å². The summed E-state index contributed by atoms with van der Waals surface area (Å²) in [6.07, 6.45) is 5.87. The van der Waals surface area contributed by atoms with Gasteiger partial charge in [0, 0.05) is 12.4 Å². The van der Waals surface area contributed by atoms with Gasteiger partial charge in [0.2, 0.25) is 0 Å². The maximum Gasteiger partial charge on any atom is 0.170 e. The number of hydrogen-bond donors (Lipinski definition) is 0. The monoisotopic (exact) mass is 161 g/mol. The van der Waals surface area contributed by atoms with Crippen LogP contribution in [0.2, 0.25) is 0 Å². The Balaban J connectivity index is 2.75. The summed E-state index contributed by atoms with van der Waals surface area (Å²) in [4.78, 5) is 18.4. The van der Waals surface area contributed by atoms with E-state index in [0.29, 0.717) is 11.3 Å². The minimum atomic E-state index is 0.433. The van der Waals surface area contributed by atoms with Crippen molar-refractivity contribution in [3.05, 3.63) is 30.0 Å². The van der Waals surface area contributed by atoms with E-state index in [0.717, 1.165) is 12.0 Å². The van der Waals surface area contributed by atoms with Crippen molar-refractivity contribution in [3.63, 3.8) is 0 Å². The van der Waals surface area contributed by atoms with Gasteiger partial charge in [-0.25, -0.2) is 4.98 Å². The van der Waals surface area contributed by atoms with Crippen LogP contribution in [0, 0.1) is 6.92 Å². The van der Waals surface area contributed by atoms with Gasteiger partial charge in [-0.15, -0.1) is 0 Å². The highest BCUT2D eigenvalue weighted by molar-refractivity contribution is 5.72. The van der Waals surface area contributed by atoms with Gasteiger partial charge in [-0.2, -0.15) is 0 Å². The van der Waals surface area contributed by atoms with Crippen molar-refractivity contribution in [1.82, 2.24) is 14.4 Å². The summed E-state index contributed by atoms with van der Waals surface area (Å²) >= 11 is 0. The summed E-state index contributed by atoms with van der Waals surface area (Å²) in [6.45, 7) is 1.89. The van der Waals surface area contributed by atoms with E-state index in [-0.39, 0.29) is 0 Å². The molecule has 4 heteroatoms. The van der Waals surface area contributed by atoms with Crippen LogP contribution in [0.5, 0.6) is 0 Å². The lowest BCUT2D eigenvalue weighted by Gasteiger charge is -1.92. The Hall–Kier alpha value is -1.71. The number of imidazole rings is 1. The molecule has 12 heavy (non-hydrogen) atoms. The predicted molar refractivity (Wildman–Crippen MR) is 43.1 cm³/mol. The number of aryl methyl sites for hydroxylation is 1. The van der Waals surface area contributed by atoms with Crippen molar-refractivity contribution in [2.24, 2.45) is 0 Å². The van der Waals surface area contributed by atoms with E-state index in [1.165, 1.54) is 0 Å². The highest BCUT2D eigenvalue weighted by Gasteiger charge is 1.99. The van der Waals surface area contributed by atoms with Gasteiger partial charge >= 0.3 is 0 Å². The number of carbonyl (C=O) groups excluding carboxylic acids is 1. The SMILES string of the molecule is Cc1cn2cc(C=O)nc2cn1. The zero-order valence-electron chi connectivity index (χ0n) is 6.56. The molecule has 0 aliphatic heterocycles. The molecule has 0 atom stereocenters. The lowest BCUT2D eigenvalue weighted by Crippen LogP contribution is -1.87. The van der Waals surface area contributed by atoms with E-state index < -0.39 is 0 Å². The van der Waals surface area contributed by atoms with Crippen molar-refractivity contribution >= 4 is 11.9 Å². The third-order valence-electron chi connectivity index (χ3n) is 1.61. The number of nitrogens with zero attached hydrogens (tertiary/aromatic N) is 3. The smallest absolute Gasteiger partial charge is 0.170 e. The first-order valence-corrected chi connectivity index (χ1v) is 3.56. The van der Waals surface area contributed by atoms with Crippen molar-refractivity contribution in [2.45, 2.75) is 6.92 Å². The minimum Gasteiger partial charge on any atom is -0.303 e. The van der Waals surface area contributed by atoms with Crippen LogP contribution in [-0.2, 0) is 0 Å². The molecule has 2 aromatic heterocycles. The van der Waals surface area contributed by atoms with Gasteiger partial charge in [0.05, 0.1) is 11.9 Å². The topological polar surface area (TPSA) is 47.3 Å². The molecule has 0 saturated carbocycles. The van der Waals surface area contributed by atoms with Crippen LogP contribution >= 0.6 is 0 Å². The van der Waals surface area contributed by atoms with Gasteiger partial charge < -0.3 is 4.40 Å². The lowest BCUT2D eigenvalue weighted by atomic mass is 10.5. The van der Waals surface area contributed by atoms with Crippen LogP contribution in [-0.4, -0.2) is 20.7 Å². The minimum absolute atomic E-state index is 0.433. The highest BCUT2D eigenvalue weighted by Crippen LogP contribution is 2.02. The molecule has 2 aromatic rings. The molecule has 0 aliphatic rings. The van der Waals surface area contributed by atoms with Gasteiger partial charge in [0.15, 0.2) is 11.9 Å². The molecule has 0 saturated heterocycles. The Kier molecular flexibility index (Phi) is 1.40. The summed E-state index contributed by atoms with van der Waals surface area (Å²) in [5, 5.41) is 0. The van der Waals surface area contributed by atoms with Crippen LogP contribution in [0.25, 0.3) is 5.65 Å². The average molecular weight is 161 g/mol. The molecule has 60 valence electrons. The predicted octanol–water partition coefficient (Wildman–Crippen LogP) is 0.850. The Morgan fingerprint density at radius 2 is 2.33 bits per heavy atom. The quantitative estimate of drug-likeness (QED) is 0.582. The van der Waals surface area contributed by atoms with Crippen LogP contribution < -0.4 is 0 Å². The molecule has 0 bridgehead atoms. The molecule has 0 fully saturated rings. The fourth-order valence-electron chi connectivity index (χ4n) is 1.08. The first-order valence-electron chi connectivity index (χ1n) is 3.56. The summed E-state index contributed by atoms with van der Waals surface area (Å²) < 4.78 is 1.78. The Morgan fingerprint density at radius 3 is 3.08 bits per heavy atom. The fraction of sp³-hybridized carbons (Fsp3) is 0.125. The molecule has 0 aliphatic carbocycles. The van der Waals surface area contributed by atoms with Gasteiger partial charge in [-0.1, -0.05) is 0 Å². The maximum atomic E-state index is 10.4. The van der Waals surface area contributed by atoms with E-state index in [1.807, 2.05) is 13.1 Å². The second kappa shape index (κ2) is 2.41. The molecule has 0 unspecified atom stereocenters. The summed E-state index contributed by atoms with van der Waals surface area (Å²) in [6, 6.07) is 0. The molecule has 2 heterocycles. The third kappa shape index (κ3) is 0.972. The Bertz CT molecular complexity index is 433. The molecule has 0 amide bonds. The fourth-order valence-corrected chi connectivity index (χ4v) is 1.08. The molecule has 2 rings (SSSR count). The van der Waals surface area contributed by atoms with Crippen molar-refractivity contribution in [3.8, 4) is 0 Å². The molecule has 0 spiro atoms. The number of aldehydes is 1. The van der Waals surface area contributed by atoms with Crippen molar-refractivity contribution in [1.29, 1.82) is 0 Å². The zero-order valence-corrected chi connectivity index (χ0v) is 6.56. The van der Waals surface area contributed by atoms with Crippen molar-refractivity contribution in [2.75, 3.05) is 0 Å². The number of hydrogen-bond acceptors (Lipinski definition) is 3. The number of rotatable bonds is 1. The largest absolute Gasteiger partial charge is 0.303 e. The number of aromatic nitrogens is 3. The van der Waals surface area contributed by atoms with E-state index in [1.54, 1.807) is 16.8 Å². The normalized spacial score (nSPS) is 10.4. The Labute approximate surface area is 68.9 Å². The standard InChI is InChI=1S/C8H7N3O/c1-6-3-11-4-7(5-12)10-8(11)2-9-6/h2-5H,1H3. The molecular formula is C8H7N3O. The van der Waals surface area contributed by atoms with Crippen LogP contribution in [0.15, 0.2) is 18.6 Å². The second-order valence-electron chi connectivity index (χ2n) is 2.58. The summed E-state index contributed by atoms with van der Waals surface area (Å²) in [7, 11) is 0. The van der Waals surface area contributed by atoms with Gasteiger partial charge in [-0.05, 0) is 6.92 Å². The van der Waals surface area contributed by atoms with E-state index in [2.05, 4.69) is 9.97 Å². The summed E-state index contributed by atoms with van der Waals surface area (Å²) in [5.74, 6) is 0. The second-order valence-corrected chi connectivity index (χ2v) is 2.58. The number of carbonyl (C=O) groups is 1. The molecule has 4 nitrogen and oxygen atoms in total. The molecular weight excluding hydrogens is 154 g/mol. The lowest BCUT2D eigenvalue weighted by molar-refractivity contribution is 0.111. The number of fused-ring (bicyclic) bond motifs is 1. The Morgan fingerprint density at radius 1 is 1.50 bits per heavy atom. The first kappa shape index (κ1) is 6.97. The van der Waals surface area contributed by atoms with Crippen molar-refractivity contribution < 1.29 is 4.79 Å². The zero-order chi connectivity index (χ0) is 8.55. The van der Waals surface area contributed by atoms with Gasteiger partial charge in [-0.3, -0.25) is 9.78 Å². The van der Waals surface area contributed by atoms with Crippen LogP contribution in [0.3, 0.4) is 0 Å². The average Bonchev–Trinajstić information content (AvgIpc) is 2.46. The highest BCUT2D eigenvalue weighted by atomic mass is 16.1. The van der Waals surface area contributed by atoms with Gasteiger partial charge in [0.1, 0.15) is 5.69 Å². The van der Waals surface area contributed by atoms with E-state index >= 15 is 0 Å². The van der Waals surface area contributed by atoms with E-state index in [4.69, 9.17) is 0 Å². The third-order valence-corrected chi connectivity index (χ3v) is 1.61.